The van der Waals surface area contributed by atoms with Crippen LogP contribution in [0.3, 0.4) is 0 Å². The number of hydrogen-bond donors (Lipinski definition) is 1. The van der Waals surface area contributed by atoms with E-state index in [1.54, 1.807) is 31.4 Å². The molecule has 7 heteroatoms. The summed E-state index contributed by atoms with van der Waals surface area (Å²) < 4.78 is 17.3. The standard InChI is InChI=1S/C29H25NO6/c1-34-18-11-9-17-10-12-24-25(20(17)15-18)27(32)21(28(35-24)30-13-5-2-6-14-30)16-22-26(31)19-7-3-4-8-23(19)36-29(22)33/h3-4,7-12,15,31H,2,5-6,13-14,16H2,1H3. The number of piperidine rings is 1. The molecule has 7 nitrogen and oxygen atoms in total. The Morgan fingerprint density at radius 1 is 0.889 bits per heavy atom. The second-order valence-corrected chi connectivity index (χ2v) is 9.18. The zero-order valence-corrected chi connectivity index (χ0v) is 19.9. The first-order valence-corrected chi connectivity index (χ1v) is 12.1. The monoisotopic (exact) mass is 483 g/mol. The summed E-state index contributed by atoms with van der Waals surface area (Å²) in [5.74, 6) is 0.899. The lowest BCUT2D eigenvalue weighted by Crippen LogP contribution is -2.32. The lowest BCUT2D eigenvalue weighted by molar-refractivity contribution is 0.415. The molecule has 0 spiro atoms. The van der Waals surface area contributed by atoms with E-state index in [1.165, 1.54) is 0 Å². The Morgan fingerprint density at radius 2 is 1.67 bits per heavy atom. The number of methoxy groups -OCH3 is 1. The molecule has 0 atom stereocenters. The van der Waals surface area contributed by atoms with Crippen LogP contribution in [-0.4, -0.2) is 25.3 Å². The van der Waals surface area contributed by atoms with Crippen LogP contribution in [0.4, 0.5) is 5.88 Å². The van der Waals surface area contributed by atoms with Crippen molar-refractivity contribution in [3.8, 4) is 11.5 Å². The molecule has 1 N–H and O–H groups in total. The minimum absolute atomic E-state index is 0.0384. The zero-order valence-electron chi connectivity index (χ0n) is 19.9. The number of fused-ring (bicyclic) bond motifs is 4. The van der Waals surface area contributed by atoms with E-state index < -0.39 is 5.63 Å². The smallest absolute Gasteiger partial charge is 0.343 e. The van der Waals surface area contributed by atoms with Gasteiger partial charge in [-0.1, -0.05) is 24.3 Å². The normalized spacial score (nSPS) is 14.1. The topological polar surface area (TPSA) is 93.1 Å². The van der Waals surface area contributed by atoms with Crippen molar-refractivity contribution in [3.63, 3.8) is 0 Å². The molecule has 0 unspecified atom stereocenters. The molecule has 3 aromatic carbocycles. The number of para-hydroxylation sites is 1. The number of hydrogen-bond acceptors (Lipinski definition) is 7. The molecule has 0 radical (unpaired) electrons. The van der Waals surface area contributed by atoms with Crippen LogP contribution in [-0.2, 0) is 6.42 Å². The van der Waals surface area contributed by atoms with Gasteiger partial charge in [-0.2, -0.15) is 0 Å². The van der Waals surface area contributed by atoms with Crippen LogP contribution in [0, 0.1) is 0 Å². The van der Waals surface area contributed by atoms with Gasteiger partial charge in [0.2, 0.25) is 5.88 Å². The predicted octanol–water partition coefficient (Wildman–Crippen LogP) is 5.35. The van der Waals surface area contributed by atoms with Crippen molar-refractivity contribution in [3.05, 3.63) is 86.4 Å². The van der Waals surface area contributed by atoms with Gasteiger partial charge in [0.05, 0.1) is 29.0 Å². The molecule has 5 aromatic rings. The van der Waals surface area contributed by atoms with Gasteiger partial charge in [-0.05, 0) is 55.0 Å². The minimum Gasteiger partial charge on any atom is -0.507 e. The summed E-state index contributed by atoms with van der Waals surface area (Å²) in [5, 5.41) is 13.4. The molecule has 1 aliphatic heterocycles. The first-order valence-electron chi connectivity index (χ1n) is 12.1. The number of benzene rings is 3. The highest BCUT2D eigenvalue weighted by Gasteiger charge is 2.25. The van der Waals surface area contributed by atoms with Crippen molar-refractivity contribution < 1.29 is 18.7 Å². The molecular formula is C29H25NO6. The lowest BCUT2D eigenvalue weighted by Gasteiger charge is -2.29. The molecule has 3 heterocycles. The Labute approximate surface area is 206 Å². The summed E-state index contributed by atoms with van der Waals surface area (Å²) >= 11 is 0. The SMILES string of the molecule is COc1ccc2ccc3oc(N4CCCCC4)c(Cc4c(O)c5ccccc5oc4=O)c(=O)c3c2c1. The van der Waals surface area contributed by atoms with E-state index in [4.69, 9.17) is 13.6 Å². The van der Waals surface area contributed by atoms with Crippen LogP contribution in [0.5, 0.6) is 11.5 Å². The average Bonchev–Trinajstić information content (AvgIpc) is 2.91. The van der Waals surface area contributed by atoms with E-state index in [1.807, 2.05) is 30.3 Å². The van der Waals surface area contributed by atoms with Crippen molar-refractivity contribution in [2.75, 3.05) is 25.1 Å². The summed E-state index contributed by atoms with van der Waals surface area (Å²) in [4.78, 5) is 29.1. The van der Waals surface area contributed by atoms with Crippen molar-refractivity contribution in [1.29, 1.82) is 0 Å². The van der Waals surface area contributed by atoms with Crippen molar-refractivity contribution >= 4 is 38.6 Å². The second kappa shape index (κ2) is 8.75. The molecule has 0 bridgehead atoms. The maximum absolute atomic E-state index is 14.2. The van der Waals surface area contributed by atoms with Crippen LogP contribution in [0.25, 0.3) is 32.7 Å². The highest BCUT2D eigenvalue weighted by molar-refractivity contribution is 6.06. The number of ether oxygens (including phenoxy) is 1. The fourth-order valence-corrected chi connectivity index (χ4v) is 5.15. The van der Waals surface area contributed by atoms with Gasteiger partial charge < -0.3 is 23.6 Å². The second-order valence-electron chi connectivity index (χ2n) is 9.18. The van der Waals surface area contributed by atoms with E-state index in [0.29, 0.717) is 44.5 Å². The molecular weight excluding hydrogens is 458 g/mol. The van der Waals surface area contributed by atoms with Crippen molar-refractivity contribution in [2.45, 2.75) is 25.7 Å². The Morgan fingerprint density at radius 3 is 2.47 bits per heavy atom. The number of aromatic hydroxyl groups is 1. The van der Waals surface area contributed by atoms with Gasteiger partial charge in [-0.15, -0.1) is 0 Å². The average molecular weight is 484 g/mol. The van der Waals surface area contributed by atoms with Gasteiger partial charge in [0, 0.05) is 24.9 Å². The maximum Gasteiger partial charge on any atom is 0.343 e. The fourth-order valence-electron chi connectivity index (χ4n) is 5.15. The largest absolute Gasteiger partial charge is 0.507 e. The van der Waals surface area contributed by atoms with Gasteiger partial charge >= 0.3 is 5.63 Å². The van der Waals surface area contributed by atoms with Crippen LogP contribution in [0.15, 0.2) is 73.0 Å². The van der Waals surface area contributed by atoms with Crippen molar-refractivity contribution in [2.24, 2.45) is 0 Å². The Hall–Kier alpha value is -4.26. The van der Waals surface area contributed by atoms with E-state index in [0.717, 1.165) is 37.7 Å². The first-order chi connectivity index (χ1) is 17.5. The molecule has 1 saturated heterocycles. The third-order valence-electron chi connectivity index (χ3n) is 7.03. The summed E-state index contributed by atoms with van der Waals surface area (Å²) in [6.45, 7) is 1.50. The first kappa shape index (κ1) is 22.2. The molecule has 36 heavy (non-hydrogen) atoms. The van der Waals surface area contributed by atoms with Gasteiger partial charge in [-0.25, -0.2) is 4.79 Å². The molecule has 1 fully saturated rings. The molecule has 0 saturated carbocycles. The van der Waals surface area contributed by atoms with E-state index >= 15 is 0 Å². The summed E-state index contributed by atoms with van der Waals surface area (Å²) in [5.41, 5.74) is 0.232. The quantitative estimate of drug-likeness (QED) is 0.272. The van der Waals surface area contributed by atoms with Gasteiger partial charge in [0.15, 0.2) is 5.43 Å². The number of nitrogens with zero attached hydrogens (tertiary/aromatic N) is 1. The number of rotatable bonds is 4. The van der Waals surface area contributed by atoms with Crippen LogP contribution in [0.2, 0.25) is 0 Å². The summed E-state index contributed by atoms with van der Waals surface area (Å²) in [6.07, 6.45) is 2.98. The predicted molar refractivity (Wildman–Crippen MR) is 140 cm³/mol. The molecule has 6 rings (SSSR count). The van der Waals surface area contributed by atoms with Crippen LogP contribution >= 0.6 is 0 Å². The van der Waals surface area contributed by atoms with E-state index in [-0.39, 0.29) is 23.2 Å². The molecule has 2 aromatic heterocycles. The van der Waals surface area contributed by atoms with Gasteiger partial charge in [-0.3, -0.25) is 4.79 Å². The van der Waals surface area contributed by atoms with Crippen LogP contribution in [0.1, 0.15) is 30.4 Å². The Bertz CT molecular complexity index is 1740. The maximum atomic E-state index is 14.2. The third kappa shape index (κ3) is 3.59. The van der Waals surface area contributed by atoms with Gasteiger partial charge in [0.25, 0.3) is 0 Å². The number of anilines is 1. The highest BCUT2D eigenvalue weighted by atomic mass is 16.5. The third-order valence-corrected chi connectivity index (χ3v) is 7.03. The Balaban J connectivity index is 1.64. The molecule has 182 valence electrons. The molecule has 0 aliphatic carbocycles. The fraction of sp³-hybridized carbons (Fsp3) is 0.241. The zero-order chi connectivity index (χ0) is 24.8. The van der Waals surface area contributed by atoms with E-state index in [9.17, 15) is 14.7 Å². The van der Waals surface area contributed by atoms with Crippen LogP contribution < -0.4 is 20.7 Å². The minimum atomic E-state index is -0.671. The lowest BCUT2D eigenvalue weighted by atomic mass is 9.99. The molecule has 1 aliphatic rings. The van der Waals surface area contributed by atoms with Crippen molar-refractivity contribution in [1.82, 2.24) is 0 Å². The highest BCUT2D eigenvalue weighted by Crippen LogP contribution is 2.34. The summed E-state index contributed by atoms with van der Waals surface area (Å²) in [7, 11) is 1.58. The summed E-state index contributed by atoms with van der Waals surface area (Å²) in [6, 6.07) is 16.1. The molecule has 0 amide bonds. The van der Waals surface area contributed by atoms with Gasteiger partial charge in [0.1, 0.15) is 22.7 Å². The van der Waals surface area contributed by atoms with E-state index in [2.05, 4.69) is 4.90 Å². The Kier molecular flexibility index (Phi) is 5.40.